The van der Waals surface area contributed by atoms with E-state index in [2.05, 4.69) is 0 Å². The second-order valence-electron chi connectivity index (χ2n) is 8.87. The Bertz CT molecular complexity index is 1630. The number of benzene rings is 3. The predicted molar refractivity (Wildman–Crippen MR) is 115 cm³/mol. The van der Waals surface area contributed by atoms with Crippen LogP contribution in [0.2, 0.25) is 0 Å². The molecule has 0 unspecified atom stereocenters. The van der Waals surface area contributed by atoms with E-state index in [1.807, 2.05) is 0 Å². The Morgan fingerprint density at radius 2 is 0.447 bits per heavy atom. The average Bonchev–Trinajstić information content (AvgIpc) is 2.98. The van der Waals surface area contributed by atoms with Crippen molar-refractivity contribution in [3.8, 4) is 0 Å². The van der Waals surface area contributed by atoms with Crippen LogP contribution in [0.4, 0.5) is 92.2 Å². The maximum atomic E-state index is 15.3. The molecule has 3 rings (SSSR count). The summed E-state index contributed by atoms with van der Waals surface area (Å²) in [5.41, 5.74) is -23.4. The molecule has 3 aromatic rings. The molecule has 0 nitrogen and oxygen atoms in total. The first kappa shape index (κ1) is 36.9. The third-order valence-electron chi connectivity index (χ3n) is 6.45. The van der Waals surface area contributed by atoms with Gasteiger partial charge >= 0.3 is 18.2 Å². The molecular formula is C26H3F21. The van der Waals surface area contributed by atoms with Crippen molar-refractivity contribution < 1.29 is 92.2 Å². The van der Waals surface area contributed by atoms with E-state index < -0.39 is 151 Å². The van der Waals surface area contributed by atoms with Gasteiger partial charge in [-0.2, -0.15) is 26.3 Å². The van der Waals surface area contributed by atoms with Gasteiger partial charge in [-0.25, -0.2) is 65.9 Å². The van der Waals surface area contributed by atoms with Crippen LogP contribution in [-0.4, -0.2) is 0 Å². The first-order chi connectivity index (χ1) is 21.5. The lowest BCUT2D eigenvalue weighted by atomic mass is 9.68. The maximum absolute atomic E-state index is 15.3. The topological polar surface area (TPSA) is 0 Å². The molecule has 0 heterocycles. The predicted octanol–water partition coefficient (Wildman–Crippen LogP) is 11.3. The molecule has 0 aliphatic carbocycles. The van der Waals surface area contributed by atoms with Crippen molar-refractivity contribution in [3.63, 3.8) is 0 Å². The fourth-order valence-electron chi connectivity index (χ4n) is 4.45. The third kappa shape index (κ3) is 5.37. The molecule has 0 spiro atoms. The summed E-state index contributed by atoms with van der Waals surface area (Å²) in [5, 5.41) is 0. The normalized spacial score (nSPS) is 11.6. The molecule has 0 amide bonds. The minimum atomic E-state index is -4.99. The molecule has 0 saturated carbocycles. The Hall–Kier alpha value is -4.59. The molecule has 254 valence electrons. The maximum Gasteiger partial charge on any atom is 0.306 e. The fraction of sp³-hybridized carbons (Fsp3) is 0.0769. The van der Waals surface area contributed by atoms with Crippen molar-refractivity contribution in [2.75, 3.05) is 0 Å². The van der Waals surface area contributed by atoms with Crippen LogP contribution in [0.25, 0.3) is 17.5 Å². The zero-order valence-electron chi connectivity index (χ0n) is 21.4. The molecule has 0 atom stereocenters. The number of rotatable bonds is 6. The summed E-state index contributed by atoms with van der Waals surface area (Å²) in [6.07, 6.45) is -11.2. The van der Waals surface area contributed by atoms with Gasteiger partial charge in [-0.3, -0.25) is 0 Å². The van der Waals surface area contributed by atoms with Crippen LogP contribution >= 0.6 is 0 Å². The zero-order chi connectivity index (χ0) is 36.4. The smallest absolute Gasteiger partial charge is 0.203 e. The standard InChI is InChI=1S/C26H3F21/c1-26(5-17(36)8(27)2(9(28)18(5)37)14(33)23(42)43,6-19(38)10(29)3(11(30)20(6)39)15(34)24(44)45)7-21(40)12(31)4(13(32)22(7)41)16(35)25(46)47/h1H3. The zero-order valence-corrected chi connectivity index (χ0v) is 21.4. The number of hydrogen-bond donors (Lipinski definition) is 0. The summed E-state index contributed by atoms with van der Waals surface area (Å²) in [6, 6.07) is 0. The first-order valence-electron chi connectivity index (χ1n) is 11.2. The number of hydrogen-bond acceptors (Lipinski definition) is 0. The summed E-state index contributed by atoms with van der Waals surface area (Å²) in [5.74, 6) is -51.6. The molecule has 0 fully saturated rings. The van der Waals surface area contributed by atoms with Crippen LogP contribution in [0, 0.1) is 69.8 Å². The second kappa shape index (κ2) is 12.5. The van der Waals surface area contributed by atoms with Crippen LogP contribution in [0.5, 0.6) is 0 Å². The van der Waals surface area contributed by atoms with Crippen LogP contribution in [0.1, 0.15) is 40.3 Å². The summed E-state index contributed by atoms with van der Waals surface area (Å²) in [4.78, 5) is 0. The Balaban J connectivity index is 2.85. The Labute approximate surface area is 244 Å². The highest BCUT2D eigenvalue weighted by atomic mass is 19.3. The lowest BCUT2D eigenvalue weighted by Crippen LogP contribution is -2.36. The Morgan fingerprint density at radius 1 is 0.298 bits per heavy atom. The van der Waals surface area contributed by atoms with Crippen molar-refractivity contribution in [2.45, 2.75) is 12.3 Å². The summed E-state index contributed by atoms with van der Waals surface area (Å²) >= 11 is 0. The van der Waals surface area contributed by atoms with Gasteiger partial charge in [-0.15, -0.1) is 0 Å². The van der Waals surface area contributed by atoms with Gasteiger partial charge in [-0.1, -0.05) is 0 Å². The largest absolute Gasteiger partial charge is 0.306 e. The summed E-state index contributed by atoms with van der Waals surface area (Å²) in [6.45, 7) is -0.598. The molecule has 0 N–H and O–H groups in total. The van der Waals surface area contributed by atoms with Gasteiger partial charge in [0, 0.05) is 16.7 Å². The highest BCUT2D eigenvalue weighted by molar-refractivity contribution is 5.67. The van der Waals surface area contributed by atoms with E-state index in [-0.39, 0.29) is 0 Å². The van der Waals surface area contributed by atoms with Gasteiger partial charge < -0.3 is 0 Å². The Kier molecular flexibility index (Phi) is 9.84. The molecule has 0 radical (unpaired) electrons. The van der Waals surface area contributed by atoms with Gasteiger partial charge in [0.1, 0.15) is 0 Å². The quantitative estimate of drug-likeness (QED) is 0.136. The van der Waals surface area contributed by atoms with Crippen molar-refractivity contribution in [1.29, 1.82) is 0 Å². The van der Waals surface area contributed by atoms with Gasteiger partial charge in [0.15, 0.2) is 69.8 Å². The lowest BCUT2D eigenvalue weighted by Gasteiger charge is -2.34. The van der Waals surface area contributed by atoms with E-state index in [1.165, 1.54) is 0 Å². The molecule has 0 aliphatic heterocycles. The summed E-state index contributed by atoms with van der Waals surface area (Å²) < 4.78 is 298. The minimum Gasteiger partial charge on any atom is -0.203 e. The summed E-state index contributed by atoms with van der Waals surface area (Å²) in [7, 11) is 0. The molecule has 0 saturated heterocycles. The van der Waals surface area contributed by atoms with Gasteiger partial charge in [0.2, 0.25) is 17.5 Å². The molecule has 47 heavy (non-hydrogen) atoms. The van der Waals surface area contributed by atoms with Gasteiger partial charge in [0.25, 0.3) is 0 Å². The molecule has 0 aromatic heterocycles. The third-order valence-corrected chi connectivity index (χ3v) is 6.45. The number of halogens is 21. The molecule has 0 bridgehead atoms. The van der Waals surface area contributed by atoms with E-state index in [1.54, 1.807) is 0 Å². The van der Waals surface area contributed by atoms with E-state index in [0.29, 0.717) is 0 Å². The second-order valence-corrected chi connectivity index (χ2v) is 8.87. The SMILES string of the molecule is CC(c1c(F)c(F)c(C(F)=C(F)F)c(F)c1F)(c1c(F)c(F)c(C(F)=C(F)F)c(F)c1F)c1c(F)c(F)c(C(F)=C(F)F)c(F)c1F. The monoisotopic (exact) mass is 714 g/mol. The van der Waals surface area contributed by atoms with E-state index in [9.17, 15) is 65.9 Å². The van der Waals surface area contributed by atoms with Crippen LogP contribution in [-0.2, 0) is 5.41 Å². The molecule has 0 aliphatic rings. The van der Waals surface area contributed by atoms with Gasteiger partial charge in [0.05, 0.1) is 22.1 Å². The van der Waals surface area contributed by atoms with Crippen LogP contribution < -0.4 is 0 Å². The minimum absolute atomic E-state index is 0.598. The molecular weight excluding hydrogens is 711 g/mol. The van der Waals surface area contributed by atoms with Crippen LogP contribution in [0.15, 0.2) is 18.2 Å². The first-order valence-corrected chi connectivity index (χ1v) is 11.2. The highest BCUT2D eigenvalue weighted by Crippen LogP contribution is 2.50. The van der Waals surface area contributed by atoms with E-state index in [0.717, 1.165) is 0 Å². The van der Waals surface area contributed by atoms with Gasteiger partial charge in [-0.05, 0) is 6.92 Å². The van der Waals surface area contributed by atoms with Crippen LogP contribution in [0.3, 0.4) is 0 Å². The average molecular weight is 714 g/mol. The molecule has 21 heteroatoms. The van der Waals surface area contributed by atoms with Crippen molar-refractivity contribution >= 4 is 17.5 Å². The lowest BCUT2D eigenvalue weighted by molar-refractivity contribution is 0.359. The fourth-order valence-corrected chi connectivity index (χ4v) is 4.45. The van der Waals surface area contributed by atoms with Crippen molar-refractivity contribution in [3.05, 3.63) is 121 Å². The van der Waals surface area contributed by atoms with E-state index >= 15 is 26.3 Å². The van der Waals surface area contributed by atoms with Crippen molar-refractivity contribution in [1.82, 2.24) is 0 Å². The molecule has 3 aromatic carbocycles. The van der Waals surface area contributed by atoms with Crippen molar-refractivity contribution in [2.24, 2.45) is 0 Å². The highest BCUT2D eigenvalue weighted by Gasteiger charge is 2.51. The van der Waals surface area contributed by atoms with E-state index in [4.69, 9.17) is 0 Å². The Morgan fingerprint density at radius 3 is 0.574 bits per heavy atom.